The number of likely N-dealkylation sites (tertiary alicyclic amines) is 3. The van der Waals surface area contributed by atoms with Crippen LogP contribution in [0.3, 0.4) is 0 Å². The van der Waals surface area contributed by atoms with Crippen LogP contribution in [0.15, 0.2) is 24.3 Å². The van der Waals surface area contributed by atoms with Gasteiger partial charge in [-0.15, -0.1) is 0 Å². The van der Waals surface area contributed by atoms with Crippen molar-refractivity contribution in [3.8, 4) is 0 Å². The molecule has 0 aromatic heterocycles. The Morgan fingerprint density at radius 3 is 2.37 bits per heavy atom. The van der Waals surface area contributed by atoms with Crippen LogP contribution in [0.4, 0.5) is 10.5 Å². The molecule has 3 unspecified atom stereocenters. The van der Waals surface area contributed by atoms with E-state index in [1.165, 1.54) is 11.3 Å². The predicted molar refractivity (Wildman–Crippen MR) is 114 cm³/mol. The van der Waals surface area contributed by atoms with Gasteiger partial charge >= 0.3 is 6.09 Å². The van der Waals surface area contributed by atoms with Gasteiger partial charge in [-0.3, -0.25) is 9.69 Å². The minimum atomic E-state index is -0.778. The summed E-state index contributed by atoms with van der Waals surface area (Å²) in [5.74, 6) is 1.14. The van der Waals surface area contributed by atoms with Crippen LogP contribution in [0, 0.1) is 17.3 Å². The molecule has 2 amide bonds. The predicted octanol–water partition coefficient (Wildman–Crippen LogP) is 2.18. The number of benzene rings is 1. The largest absolute Gasteiger partial charge is 0.465 e. The van der Waals surface area contributed by atoms with E-state index in [1.807, 2.05) is 4.90 Å². The smallest absolute Gasteiger partial charge is 0.407 e. The van der Waals surface area contributed by atoms with Crippen molar-refractivity contribution in [2.24, 2.45) is 17.3 Å². The number of nitrogens with zero attached hydrogens (tertiary/aromatic N) is 4. The third-order valence-electron chi connectivity index (χ3n) is 7.88. The third-order valence-corrected chi connectivity index (χ3v) is 7.88. The first-order valence-corrected chi connectivity index (χ1v) is 11.2. The summed E-state index contributed by atoms with van der Waals surface area (Å²) in [7, 11) is 0. The fourth-order valence-electron chi connectivity index (χ4n) is 6.25. The maximum absolute atomic E-state index is 11.8. The van der Waals surface area contributed by atoms with E-state index in [9.17, 15) is 14.7 Å². The quantitative estimate of drug-likeness (QED) is 0.824. The van der Waals surface area contributed by atoms with E-state index in [2.05, 4.69) is 34.1 Å². The Morgan fingerprint density at radius 1 is 1.00 bits per heavy atom. The molecule has 4 fully saturated rings. The summed E-state index contributed by atoms with van der Waals surface area (Å²) in [6.07, 6.45) is 1.49. The lowest BCUT2D eigenvalue weighted by Crippen LogP contribution is -2.33. The molecule has 0 bridgehead atoms. The molecule has 162 valence electrons. The summed E-state index contributed by atoms with van der Waals surface area (Å²) in [5, 5.41) is 9.25. The number of hydrogen-bond donors (Lipinski definition) is 1. The fraction of sp³-hybridized carbons (Fsp3) is 0.652. The van der Waals surface area contributed by atoms with Gasteiger partial charge in [0.1, 0.15) is 0 Å². The van der Waals surface area contributed by atoms with E-state index < -0.39 is 6.09 Å². The number of rotatable bonds is 3. The minimum absolute atomic E-state index is 0.201. The molecule has 1 aromatic carbocycles. The third kappa shape index (κ3) is 3.53. The summed E-state index contributed by atoms with van der Waals surface area (Å²) in [6.45, 7) is 9.83. The van der Waals surface area contributed by atoms with Gasteiger partial charge in [0, 0.05) is 76.9 Å². The van der Waals surface area contributed by atoms with Crippen molar-refractivity contribution in [3.05, 3.63) is 29.8 Å². The Hall–Kier alpha value is -2.28. The van der Waals surface area contributed by atoms with Crippen molar-refractivity contribution in [1.29, 1.82) is 0 Å². The monoisotopic (exact) mass is 412 g/mol. The SMILES string of the molecule is CC(=O)N1CCC2(CCN(c3ccccc3CN3CC4CN(C(=O)O)CC4C3)C2)C1. The summed E-state index contributed by atoms with van der Waals surface area (Å²) >= 11 is 0. The van der Waals surface area contributed by atoms with Crippen LogP contribution in [-0.2, 0) is 11.3 Å². The first-order chi connectivity index (χ1) is 14.4. The highest BCUT2D eigenvalue weighted by Gasteiger charge is 2.45. The molecule has 5 rings (SSSR count). The molecule has 4 aliphatic rings. The molecule has 1 aromatic rings. The second-order valence-electron chi connectivity index (χ2n) is 9.89. The summed E-state index contributed by atoms with van der Waals surface area (Å²) in [4.78, 5) is 31.7. The number of anilines is 1. The lowest BCUT2D eigenvalue weighted by Gasteiger charge is -2.28. The maximum Gasteiger partial charge on any atom is 0.407 e. The Kier molecular flexibility index (Phi) is 4.88. The van der Waals surface area contributed by atoms with Gasteiger partial charge in [-0.2, -0.15) is 0 Å². The zero-order chi connectivity index (χ0) is 20.9. The average Bonchev–Trinajstić information content (AvgIpc) is 3.46. The van der Waals surface area contributed by atoms with Crippen molar-refractivity contribution in [3.63, 3.8) is 0 Å². The van der Waals surface area contributed by atoms with Gasteiger partial charge < -0.3 is 19.8 Å². The molecule has 1 N–H and O–H groups in total. The van der Waals surface area contributed by atoms with Gasteiger partial charge in [0.2, 0.25) is 5.91 Å². The molecule has 7 heteroatoms. The zero-order valence-corrected chi connectivity index (χ0v) is 17.8. The van der Waals surface area contributed by atoms with Crippen molar-refractivity contribution < 1.29 is 14.7 Å². The number of fused-ring (bicyclic) bond motifs is 1. The second-order valence-corrected chi connectivity index (χ2v) is 9.89. The van der Waals surface area contributed by atoms with E-state index in [1.54, 1.807) is 11.8 Å². The Balaban J connectivity index is 1.24. The molecule has 1 spiro atoms. The summed E-state index contributed by atoms with van der Waals surface area (Å²) in [6, 6.07) is 8.74. The van der Waals surface area contributed by atoms with Gasteiger partial charge in [-0.1, -0.05) is 18.2 Å². The van der Waals surface area contributed by atoms with Crippen molar-refractivity contribution >= 4 is 17.7 Å². The van der Waals surface area contributed by atoms with Crippen LogP contribution in [0.2, 0.25) is 0 Å². The standard InChI is InChI=1S/C23H32N4O3/c1-17(28)25-8-6-23(15-25)7-9-26(16-23)21-5-3-2-4-18(21)10-24-11-19-13-27(22(29)30)14-20(19)12-24/h2-5,19-20H,6-16H2,1H3,(H,29,30). The lowest BCUT2D eigenvalue weighted by molar-refractivity contribution is -0.128. The van der Waals surface area contributed by atoms with E-state index >= 15 is 0 Å². The Morgan fingerprint density at radius 2 is 1.70 bits per heavy atom. The number of hydrogen-bond acceptors (Lipinski definition) is 4. The van der Waals surface area contributed by atoms with E-state index in [0.717, 1.165) is 58.7 Å². The number of carbonyl (C=O) groups is 2. The average molecular weight is 413 g/mol. The van der Waals surface area contributed by atoms with Gasteiger partial charge in [0.05, 0.1) is 0 Å². The molecule has 4 aliphatic heterocycles. The number of amides is 2. The molecule has 0 saturated carbocycles. The van der Waals surface area contributed by atoms with Gasteiger partial charge in [-0.25, -0.2) is 4.79 Å². The normalized spacial score (nSPS) is 31.2. The molecule has 3 atom stereocenters. The van der Waals surface area contributed by atoms with Crippen molar-refractivity contribution in [1.82, 2.24) is 14.7 Å². The minimum Gasteiger partial charge on any atom is -0.465 e. The van der Waals surface area contributed by atoms with Crippen LogP contribution >= 0.6 is 0 Å². The van der Waals surface area contributed by atoms with Gasteiger partial charge in [0.15, 0.2) is 0 Å². The molecule has 0 aliphatic carbocycles. The van der Waals surface area contributed by atoms with Crippen LogP contribution < -0.4 is 4.90 Å². The Labute approximate surface area is 178 Å². The molecule has 0 radical (unpaired) electrons. The summed E-state index contributed by atoms with van der Waals surface area (Å²) < 4.78 is 0. The summed E-state index contributed by atoms with van der Waals surface area (Å²) in [5.41, 5.74) is 2.95. The molecule has 4 saturated heterocycles. The van der Waals surface area contributed by atoms with Crippen LogP contribution in [0.5, 0.6) is 0 Å². The molecule has 30 heavy (non-hydrogen) atoms. The van der Waals surface area contributed by atoms with Crippen molar-refractivity contribution in [2.45, 2.75) is 26.3 Å². The van der Waals surface area contributed by atoms with E-state index in [-0.39, 0.29) is 11.3 Å². The van der Waals surface area contributed by atoms with Crippen LogP contribution in [0.25, 0.3) is 0 Å². The maximum atomic E-state index is 11.8. The van der Waals surface area contributed by atoms with Crippen molar-refractivity contribution in [2.75, 3.05) is 57.3 Å². The number of carboxylic acid groups (broad SMARTS) is 1. The van der Waals surface area contributed by atoms with Gasteiger partial charge in [-0.05, 0) is 36.3 Å². The van der Waals surface area contributed by atoms with Gasteiger partial charge in [0.25, 0.3) is 0 Å². The highest BCUT2D eigenvalue weighted by atomic mass is 16.4. The molecule has 4 heterocycles. The molecular formula is C23H32N4O3. The van der Waals surface area contributed by atoms with E-state index in [4.69, 9.17) is 0 Å². The highest BCUT2D eigenvalue weighted by molar-refractivity contribution is 5.73. The fourth-order valence-corrected chi connectivity index (χ4v) is 6.25. The topological polar surface area (TPSA) is 67.3 Å². The van der Waals surface area contributed by atoms with Crippen LogP contribution in [0.1, 0.15) is 25.3 Å². The number of carbonyl (C=O) groups excluding carboxylic acids is 1. The van der Waals surface area contributed by atoms with Crippen LogP contribution in [-0.4, -0.2) is 84.2 Å². The molecular weight excluding hydrogens is 380 g/mol. The zero-order valence-electron chi connectivity index (χ0n) is 17.8. The first kappa shape index (κ1) is 19.7. The Bertz CT molecular complexity index is 831. The highest BCUT2D eigenvalue weighted by Crippen LogP contribution is 2.42. The second kappa shape index (κ2) is 7.45. The molecule has 7 nitrogen and oxygen atoms in total. The first-order valence-electron chi connectivity index (χ1n) is 11.2. The van der Waals surface area contributed by atoms with E-state index in [0.29, 0.717) is 24.9 Å². The lowest BCUT2D eigenvalue weighted by atomic mass is 9.86. The number of para-hydroxylation sites is 1.